The van der Waals surface area contributed by atoms with Crippen LogP contribution in [-0.4, -0.2) is 30.9 Å². The maximum absolute atomic E-state index is 13.0. The van der Waals surface area contributed by atoms with Crippen molar-refractivity contribution in [1.82, 2.24) is 10.2 Å². The number of hydrogen-bond donors (Lipinski definition) is 1. The SMILES string of the molecule is C=CC[C@@]1(C)CC[C@@H](c2ccc(Cl)cc2)N(CCNC)C1=O. The highest BCUT2D eigenvalue weighted by Crippen LogP contribution is 2.42. The Morgan fingerprint density at radius 1 is 1.45 bits per heavy atom. The largest absolute Gasteiger partial charge is 0.334 e. The van der Waals surface area contributed by atoms with Crippen LogP contribution in [-0.2, 0) is 4.79 Å². The molecule has 2 atom stereocenters. The van der Waals surface area contributed by atoms with E-state index in [0.717, 1.165) is 42.9 Å². The average molecular weight is 321 g/mol. The molecule has 0 aromatic heterocycles. The molecular formula is C18H25ClN2O. The molecule has 1 amide bonds. The molecule has 3 nitrogen and oxygen atoms in total. The first kappa shape index (κ1) is 17.0. The molecule has 1 fully saturated rings. The average Bonchev–Trinajstić information content (AvgIpc) is 2.50. The maximum Gasteiger partial charge on any atom is 0.229 e. The standard InChI is InChI=1S/C18H25ClN2O/c1-4-10-18(2)11-9-16(14-5-7-15(19)8-6-14)21(17(18)22)13-12-20-3/h4-8,16,20H,1,9-13H2,2-3H3/t16-,18-/m0/s1. The molecule has 1 aromatic rings. The molecule has 120 valence electrons. The Morgan fingerprint density at radius 2 is 2.14 bits per heavy atom. The van der Waals surface area contributed by atoms with Crippen molar-refractivity contribution < 1.29 is 4.79 Å². The van der Waals surface area contributed by atoms with Crippen LogP contribution >= 0.6 is 11.6 Å². The number of carbonyl (C=O) groups excluding carboxylic acids is 1. The van der Waals surface area contributed by atoms with Crippen LogP contribution in [0.1, 0.15) is 37.8 Å². The molecule has 0 bridgehead atoms. The third-order valence-corrected chi connectivity index (χ3v) is 4.83. The second-order valence-corrected chi connectivity index (χ2v) is 6.70. The fourth-order valence-electron chi connectivity index (χ4n) is 3.24. The topological polar surface area (TPSA) is 32.3 Å². The fourth-order valence-corrected chi connectivity index (χ4v) is 3.36. The molecule has 1 aromatic carbocycles. The van der Waals surface area contributed by atoms with Gasteiger partial charge in [0.05, 0.1) is 11.5 Å². The van der Waals surface area contributed by atoms with Crippen molar-refractivity contribution in [2.24, 2.45) is 5.41 Å². The first-order valence-electron chi connectivity index (χ1n) is 7.84. The molecule has 1 heterocycles. The highest BCUT2D eigenvalue weighted by molar-refractivity contribution is 6.30. The van der Waals surface area contributed by atoms with E-state index < -0.39 is 0 Å². The summed E-state index contributed by atoms with van der Waals surface area (Å²) in [5.41, 5.74) is 0.841. The summed E-state index contributed by atoms with van der Waals surface area (Å²) in [5, 5.41) is 3.87. The summed E-state index contributed by atoms with van der Waals surface area (Å²) in [6.07, 6.45) is 4.45. The molecule has 4 heteroatoms. The van der Waals surface area contributed by atoms with Crippen LogP contribution in [0.15, 0.2) is 36.9 Å². The Bertz CT molecular complexity index is 528. The van der Waals surface area contributed by atoms with Gasteiger partial charge in [0, 0.05) is 18.1 Å². The van der Waals surface area contributed by atoms with E-state index >= 15 is 0 Å². The van der Waals surface area contributed by atoms with Gasteiger partial charge in [0.25, 0.3) is 0 Å². The number of allylic oxidation sites excluding steroid dienone is 1. The Labute approximate surface area is 138 Å². The number of halogens is 1. The predicted molar refractivity (Wildman–Crippen MR) is 92.0 cm³/mol. The zero-order valence-corrected chi connectivity index (χ0v) is 14.2. The van der Waals surface area contributed by atoms with Gasteiger partial charge in [-0.3, -0.25) is 4.79 Å². The molecule has 1 N–H and O–H groups in total. The van der Waals surface area contributed by atoms with Crippen molar-refractivity contribution >= 4 is 17.5 Å². The third kappa shape index (κ3) is 3.53. The van der Waals surface area contributed by atoms with E-state index in [4.69, 9.17) is 11.6 Å². The Hall–Kier alpha value is -1.32. The molecule has 0 spiro atoms. The lowest BCUT2D eigenvalue weighted by atomic mass is 9.75. The summed E-state index contributed by atoms with van der Waals surface area (Å²) in [6.45, 7) is 7.38. The molecule has 22 heavy (non-hydrogen) atoms. The van der Waals surface area contributed by atoms with Crippen molar-refractivity contribution in [3.63, 3.8) is 0 Å². The third-order valence-electron chi connectivity index (χ3n) is 4.58. The van der Waals surface area contributed by atoms with Crippen molar-refractivity contribution in [1.29, 1.82) is 0 Å². The van der Waals surface area contributed by atoms with Gasteiger partial charge < -0.3 is 10.2 Å². The monoisotopic (exact) mass is 320 g/mol. The first-order valence-corrected chi connectivity index (χ1v) is 8.21. The summed E-state index contributed by atoms with van der Waals surface area (Å²) in [6, 6.07) is 7.99. The second kappa shape index (κ2) is 7.30. The molecule has 0 radical (unpaired) electrons. The van der Waals surface area contributed by atoms with E-state index in [1.54, 1.807) is 0 Å². The minimum Gasteiger partial charge on any atom is -0.334 e. The number of nitrogens with zero attached hydrogens (tertiary/aromatic N) is 1. The Morgan fingerprint density at radius 3 is 2.73 bits per heavy atom. The van der Waals surface area contributed by atoms with Gasteiger partial charge in [0.2, 0.25) is 5.91 Å². The molecule has 1 aliphatic rings. The van der Waals surface area contributed by atoms with Crippen LogP contribution in [0, 0.1) is 5.41 Å². The molecule has 0 saturated carbocycles. The van der Waals surface area contributed by atoms with Gasteiger partial charge in [-0.05, 0) is 44.0 Å². The van der Waals surface area contributed by atoms with Gasteiger partial charge in [-0.15, -0.1) is 6.58 Å². The van der Waals surface area contributed by atoms with E-state index in [2.05, 4.69) is 18.8 Å². The van der Waals surface area contributed by atoms with Gasteiger partial charge in [-0.2, -0.15) is 0 Å². The molecule has 0 aliphatic carbocycles. The summed E-state index contributed by atoms with van der Waals surface area (Å²) >= 11 is 5.98. The number of carbonyl (C=O) groups is 1. The minimum absolute atomic E-state index is 0.135. The van der Waals surface area contributed by atoms with Gasteiger partial charge in [-0.25, -0.2) is 0 Å². The molecular weight excluding hydrogens is 296 g/mol. The van der Waals surface area contributed by atoms with Crippen LogP contribution in [0.2, 0.25) is 5.02 Å². The second-order valence-electron chi connectivity index (χ2n) is 6.26. The van der Waals surface area contributed by atoms with E-state index in [1.165, 1.54) is 0 Å². The van der Waals surface area contributed by atoms with Crippen LogP contribution in [0.25, 0.3) is 0 Å². The van der Waals surface area contributed by atoms with Crippen molar-refractivity contribution in [2.45, 2.75) is 32.2 Å². The van der Waals surface area contributed by atoms with Crippen LogP contribution < -0.4 is 5.32 Å². The molecule has 2 rings (SSSR count). The molecule has 1 aliphatic heterocycles. The number of amides is 1. The number of rotatable bonds is 6. The Kier molecular flexibility index (Phi) is 5.65. The number of piperidine rings is 1. The van der Waals surface area contributed by atoms with Crippen LogP contribution in [0.4, 0.5) is 0 Å². The van der Waals surface area contributed by atoms with E-state index in [1.807, 2.05) is 42.3 Å². The Balaban J connectivity index is 2.27. The maximum atomic E-state index is 13.0. The lowest BCUT2D eigenvalue weighted by Gasteiger charge is -2.44. The van der Waals surface area contributed by atoms with Gasteiger partial charge in [-0.1, -0.05) is 36.7 Å². The first-order chi connectivity index (χ1) is 10.5. The van der Waals surface area contributed by atoms with E-state index in [0.29, 0.717) is 0 Å². The van der Waals surface area contributed by atoms with E-state index in [-0.39, 0.29) is 17.4 Å². The lowest BCUT2D eigenvalue weighted by Crippen LogP contribution is -2.50. The van der Waals surface area contributed by atoms with E-state index in [9.17, 15) is 4.79 Å². The summed E-state index contributed by atoms with van der Waals surface area (Å²) in [4.78, 5) is 15.0. The van der Waals surface area contributed by atoms with Gasteiger partial charge in [0.1, 0.15) is 0 Å². The predicted octanol–water partition coefficient (Wildman–Crippen LogP) is 3.81. The molecule has 0 unspecified atom stereocenters. The number of likely N-dealkylation sites (N-methyl/N-ethyl adjacent to an activating group) is 1. The smallest absolute Gasteiger partial charge is 0.229 e. The van der Waals surface area contributed by atoms with Crippen molar-refractivity contribution in [2.75, 3.05) is 20.1 Å². The highest BCUT2D eigenvalue weighted by Gasteiger charge is 2.43. The zero-order valence-electron chi connectivity index (χ0n) is 13.4. The molecule has 1 saturated heterocycles. The number of hydrogen-bond acceptors (Lipinski definition) is 2. The number of nitrogens with one attached hydrogen (secondary N) is 1. The highest BCUT2D eigenvalue weighted by atomic mass is 35.5. The van der Waals surface area contributed by atoms with Gasteiger partial charge in [0.15, 0.2) is 0 Å². The summed E-state index contributed by atoms with van der Waals surface area (Å²) in [5.74, 6) is 0.230. The van der Waals surface area contributed by atoms with Gasteiger partial charge >= 0.3 is 0 Å². The normalized spacial score (nSPS) is 25.3. The van der Waals surface area contributed by atoms with Crippen LogP contribution in [0.3, 0.4) is 0 Å². The fraction of sp³-hybridized carbons (Fsp3) is 0.500. The van der Waals surface area contributed by atoms with Crippen molar-refractivity contribution in [3.05, 3.63) is 47.5 Å². The number of benzene rings is 1. The minimum atomic E-state index is -0.321. The van der Waals surface area contributed by atoms with Crippen LogP contribution in [0.5, 0.6) is 0 Å². The summed E-state index contributed by atoms with van der Waals surface area (Å²) < 4.78 is 0. The number of likely N-dealkylation sites (tertiary alicyclic amines) is 1. The lowest BCUT2D eigenvalue weighted by molar-refractivity contribution is -0.149. The quantitative estimate of drug-likeness (QED) is 0.808. The zero-order chi connectivity index (χ0) is 16.2. The van der Waals surface area contributed by atoms with Crippen molar-refractivity contribution in [3.8, 4) is 0 Å². The summed E-state index contributed by atoms with van der Waals surface area (Å²) in [7, 11) is 1.91.